The van der Waals surface area contributed by atoms with Gasteiger partial charge in [-0.25, -0.2) is 0 Å². The molecule has 1 aromatic carbocycles. The molecule has 0 aliphatic heterocycles. The molecule has 0 bridgehead atoms. The molecule has 1 amide bonds. The number of amides is 1. The fourth-order valence-corrected chi connectivity index (χ4v) is 3.11. The van der Waals surface area contributed by atoms with E-state index in [1.54, 1.807) is 0 Å². The van der Waals surface area contributed by atoms with Crippen molar-refractivity contribution >= 4 is 11.9 Å². The fraction of sp³-hybridized carbons (Fsp3) is 0.579. The first-order chi connectivity index (χ1) is 11.5. The zero-order valence-electron chi connectivity index (χ0n) is 14.5. The molecule has 1 fully saturated rings. The Kier molecular flexibility index (Phi) is 6.64. The van der Waals surface area contributed by atoms with Crippen LogP contribution in [0.15, 0.2) is 18.2 Å². The number of aryl methyl sites for hydroxylation is 1. The molecular formula is C19H27NO4. The summed E-state index contributed by atoms with van der Waals surface area (Å²) in [5.74, 6) is -0.198. The standard InChI is InChI=1S/C19H27NO4/c1-3-10-24-17-9-8-16(13(2)11-17)12-20-18(21)14-4-6-15(7-5-14)19(22)23/h8-9,11,14-15H,3-7,10,12H2,1-2H3,(H,20,21)(H,22,23). The maximum absolute atomic E-state index is 12.3. The fourth-order valence-electron chi connectivity index (χ4n) is 3.11. The number of hydrogen-bond acceptors (Lipinski definition) is 3. The molecule has 132 valence electrons. The molecule has 2 rings (SSSR count). The molecule has 1 saturated carbocycles. The first kappa shape index (κ1) is 18.3. The Balaban J connectivity index is 1.82. The van der Waals surface area contributed by atoms with Crippen LogP contribution in [0.4, 0.5) is 0 Å². The van der Waals surface area contributed by atoms with Gasteiger partial charge >= 0.3 is 5.97 Å². The zero-order chi connectivity index (χ0) is 17.5. The summed E-state index contributed by atoms with van der Waals surface area (Å²) >= 11 is 0. The van der Waals surface area contributed by atoms with Crippen molar-refractivity contribution in [1.29, 1.82) is 0 Å². The lowest BCUT2D eigenvalue weighted by Crippen LogP contribution is -2.34. The average molecular weight is 333 g/mol. The molecule has 0 aromatic heterocycles. The molecule has 5 heteroatoms. The van der Waals surface area contributed by atoms with Crippen LogP contribution in [0, 0.1) is 18.8 Å². The molecule has 0 atom stereocenters. The van der Waals surface area contributed by atoms with Gasteiger partial charge in [0.05, 0.1) is 12.5 Å². The molecule has 24 heavy (non-hydrogen) atoms. The van der Waals surface area contributed by atoms with E-state index in [4.69, 9.17) is 9.84 Å². The number of carboxylic acid groups (broad SMARTS) is 1. The summed E-state index contributed by atoms with van der Waals surface area (Å²) in [6, 6.07) is 5.92. The Morgan fingerprint density at radius 1 is 1.21 bits per heavy atom. The lowest BCUT2D eigenvalue weighted by atomic mass is 9.81. The van der Waals surface area contributed by atoms with Crippen molar-refractivity contribution < 1.29 is 19.4 Å². The van der Waals surface area contributed by atoms with Crippen LogP contribution in [0.5, 0.6) is 5.75 Å². The summed E-state index contributed by atoms with van der Waals surface area (Å²) in [5, 5.41) is 12.0. The quantitative estimate of drug-likeness (QED) is 0.803. The predicted molar refractivity (Wildman–Crippen MR) is 91.9 cm³/mol. The normalized spacial score (nSPS) is 20.4. The van der Waals surface area contributed by atoms with Gasteiger partial charge in [-0.1, -0.05) is 13.0 Å². The van der Waals surface area contributed by atoms with Crippen LogP contribution >= 0.6 is 0 Å². The van der Waals surface area contributed by atoms with Gasteiger partial charge in [0.15, 0.2) is 0 Å². The molecule has 0 radical (unpaired) electrons. The van der Waals surface area contributed by atoms with Gasteiger partial charge in [-0.3, -0.25) is 9.59 Å². The number of carbonyl (C=O) groups excluding carboxylic acids is 1. The number of nitrogens with one attached hydrogen (secondary N) is 1. The predicted octanol–water partition coefficient (Wildman–Crippen LogP) is 3.29. The van der Waals surface area contributed by atoms with Gasteiger partial charge < -0.3 is 15.2 Å². The van der Waals surface area contributed by atoms with E-state index in [1.165, 1.54) is 0 Å². The molecule has 2 N–H and O–H groups in total. The van der Waals surface area contributed by atoms with E-state index in [0.717, 1.165) is 23.3 Å². The van der Waals surface area contributed by atoms with E-state index in [-0.39, 0.29) is 17.7 Å². The van der Waals surface area contributed by atoms with Crippen molar-refractivity contribution in [2.24, 2.45) is 11.8 Å². The minimum Gasteiger partial charge on any atom is -0.494 e. The average Bonchev–Trinajstić information content (AvgIpc) is 2.59. The van der Waals surface area contributed by atoms with Crippen molar-refractivity contribution in [2.75, 3.05) is 6.61 Å². The van der Waals surface area contributed by atoms with E-state index in [1.807, 2.05) is 25.1 Å². The van der Waals surface area contributed by atoms with Gasteiger partial charge in [-0.2, -0.15) is 0 Å². The van der Waals surface area contributed by atoms with Gasteiger partial charge in [0.25, 0.3) is 0 Å². The van der Waals surface area contributed by atoms with Crippen LogP contribution in [0.25, 0.3) is 0 Å². The summed E-state index contributed by atoms with van der Waals surface area (Å²) < 4.78 is 5.61. The second kappa shape index (κ2) is 8.71. The van der Waals surface area contributed by atoms with E-state index in [9.17, 15) is 9.59 Å². The minimum absolute atomic E-state index is 0.0320. The number of carboxylic acids is 1. The Morgan fingerprint density at radius 2 is 1.88 bits per heavy atom. The van der Waals surface area contributed by atoms with Gasteiger partial charge in [0, 0.05) is 12.5 Å². The molecule has 0 heterocycles. The van der Waals surface area contributed by atoms with Gasteiger partial charge in [0.1, 0.15) is 5.75 Å². The number of rotatable bonds is 7. The van der Waals surface area contributed by atoms with Crippen LogP contribution in [0.3, 0.4) is 0 Å². The highest BCUT2D eigenvalue weighted by Gasteiger charge is 2.29. The lowest BCUT2D eigenvalue weighted by molar-refractivity contribution is -0.144. The van der Waals surface area contributed by atoms with Crippen molar-refractivity contribution in [3.63, 3.8) is 0 Å². The number of ether oxygens (including phenoxy) is 1. The third-order valence-corrected chi connectivity index (χ3v) is 4.69. The number of benzene rings is 1. The molecule has 1 aliphatic rings. The van der Waals surface area contributed by atoms with Gasteiger partial charge in [-0.05, 0) is 62.3 Å². The number of aliphatic carboxylic acids is 1. The van der Waals surface area contributed by atoms with Crippen LogP contribution in [-0.2, 0) is 16.1 Å². The van der Waals surface area contributed by atoms with E-state index < -0.39 is 5.97 Å². The smallest absolute Gasteiger partial charge is 0.306 e. The summed E-state index contributed by atoms with van der Waals surface area (Å²) in [6.45, 7) is 5.28. The third kappa shape index (κ3) is 4.98. The second-order valence-corrected chi connectivity index (χ2v) is 6.54. The highest BCUT2D eigenvalue weighted by atomic mass is 16.5. The Hall–Kier alpha value is -2.04. The molecule has 0 unspecified atom stereocenters. The molecule has 0 spiro atoms. The van der Waals surface area contributed by atoms with E-state index in [0.29, 0.717) is 38.8 Å². The molecular weight excluding hydrogens is 306 g/mol. The summed E-state index contributed by atoms with van der Waals surface area (Å²) in [6.07, 6.45) is 3.48. The Morgan fingerprint density at radius 3 is 2.46 bits per heavy atom. The second-order valence-electron chi connectivity index (χ2n) is 6.54. The van der Waals surface area contributed by atoms with Crippen LogP contribution in [-0.4, -0.2) is 23.6 Å². The van der Waals surface area contributed by atoms with Gasteiger partial charge in [0.2, 0.25) is 5.91 Å². The van der Waals surface area contributed by atoms with Crippen molar-refractivity contribution in [3.8, 4) is 5.75 Å². The number of hydrogen-bond donors (Lipinski definition) is 2. The zero-order valence-corrected chi connectivity index (χ0v) is 14.5. The van der Waals surface area contributed by atoms with E-state index in [2.05, 4.69) is 12.2 Å². The van der Waals surface area contributed by atoms with Crippen LogP contribution in [0.1, 0.15) is 50.2 Å². The Bertz CT molecular complexity index is 577. The summed E-state index contributed by atoms with van der Waals surface area (Å²) in [4.78, 5) is 23.2. The maximum Gasteiger partial charge on any atom is 0.306 e. The maximum atomic E-state index is 12.3. The molecule has 0 saturated heterocycles. The molecule has 1 aromatic rings. The lowest BCUT2D eigenvalue weighted by Gasteiger charge is -2.25. The largest absolute Gasteiger partial charge is 0.494 e. The highest BCUT2D eigenvalue weighted by Crippen LogP contribution is 2.29. The third-order valence-electron chi connectivity index (χ3n) is 4.69. The van der Waals surface area contributed by atoms with Crippen LogP contribution < -0.4 is 10.1 Å². The highest BCUT2D eigenvalue weighted by molar-refractivity contribution is 5.79. The number of carbonyl (C=O) groups is 2. The van der Waals surface area contributed by atoms with E-state index >= 15 is 0 Å². The van der Waals surface area contributed by atoms with Crippen molar-refractivity contribution in [3.05, 3.63) is 29.3 Å². The monoisotopic (exact) mass is 333 g/mol. The van der Waals surface area contributed by atoms with Gasteiger partial charge in [-0.15, -0.1) is 0 Å². The van der Waals surface area contributed by atoms with Crippen molar-refractivity contribution in [2.45, 2.75) is 52.5 Å². The first-order valence-electron chi connectivity index (χ1n) is 8.74. The molecule has 1 aliphatic carbocycles. The van der Waals surface area contributed by atoms with Crippen LogP contribution in [0.2, 0.25) is 0 Å². The van der Waals surface area contributed by atoms with Crippen molar-refractivity contribution in [1.82, 2.24) is 5.32 Å². The Labute approximate surface area is 143 Å². The summed E-state index contributed by atoms with van der Waals surface area (Å²) in [7, 11) is 0. The SMILES string of the molecule is CCCOc1ccc(CNC(=O)C2CCC(C(=O)O)CC2)c(C)c1. The first-order valence-corrected chi connectivity index (χ1v) is 8.74. The molecule has 5 nitrogen and oxygen atoms in total. The minimum atomic E-state index is -0.741. The summed E-state index contributed by atoms with van der Waals surface area (Å²) in [5.41, 5.74) is 2.17. The topological polar surface area (TPSA) is 75.6 Å².